The van der Waals surface area contributed by atoms with E-state index in [-0.39, 0.29) is 0 Å². The summed E-state index contributed by atoms with van der Waals surface area (Å²) >= 11 is 0. The fraction of sp³-hybridized carbons (Fsp3) is 0.882. The van der Waals surface area contributed by atoms with Gasteiger partial charge in [-0.1, -0.05) is 39.7 Å². The Hall–Kier alpha value is -0.300. The van der Waals surface area contributed by atoms with Crippen LogP contribution in [-0.4, -0.2) is 12.6 Å². The second-order valence-corrected chi connectivity index (χ2v) is 6.54. The summed E-state index contributed by atoms with van der Waals surface area (Å²) in [5.41, 5.74) is 0.576. The third-order valence-electron chi connectivity index (χ3n) is 4.45. The van der Waals surface area contributed by atoms with Crippen molar-refractivity contribution < 1.29 is 0 Å². The van der Waals surface area contributed by atoms with Crippen LogP contribution in [0, 0.1) is 11.3 Å². The lowest BCUT2D eigenvalue weighted by molar-refractivity contribution is 0.148. The molecule has 0 heterocycles. The molecule has 1 nitrogen and oxygen atoms in total. The van der Waals surface area contributed by atoms with Crippen LogP contribution >= 0.6 is 0 Å². The Morgan fingerprint density at radius 3 is 2.44 bits per heavy atom. The minimum atomic E-state index is 0.576. The molecule has 0 saturated heterocycles. The molecule has 1 aliphatic carbocycles. The maximum atomic E-state index is 3.90. The molecule has 1 aliphatic rings. The largest absolute Gasteiger partial charge is 0.313 e. The van der Waals surface area contributed by atoms with E-state index in [4.69, 9.17) is 0 Å². The van der Waals surface area contributed by atoms with Gasteiger partial charge < -0.3 is 5.32 Å². The predicted molar refractivity (Wildman–Crippen MR) is 81.9 cm³/mol. The summed E-state index contributed by atoms with van der Waals surface area (Å²) in [5, 5.41) is 3.84. The van der Waals surface area contributed by atoms with E-state index < -0.39 is 0 Å². The molecule has 0 aromatic carbocycles. The van der Waals surface area contributed by atoms with Crippen molar-refractivity contribution in [2.45, 2.75) is 78.2 Å². The smallest absolute Gasteiger partial charge is 0.0126 e. The zero-order chi connectivity index (χ0) is 13.4. The summed E-state index contributed by atoms with van der Waals surface area (Å²) in [6.45, 7) is 12.1. The summed E-state index contributed by atoms with van der Waals surface area (Å²) in [5.74, 6) is 0.817. The first kappa shape index (κ1) is 15.8. The minimum absolute atomic E-state index is 0.576. The van der Waals surface area contributed by atoms with Gasteiger partial charge in [-0.2, -0.15) is 0 Å². The zero-order valence-electron chi connectivity index (χ0n) is 12.8. The second-order valence-electron chi connectivity index (χ2n) is 6.54. The van der Waals surface area contributed by atoms with E-state index in [1.165, 1.54) is 51.5 Å². The molecule has 0 amide bonds. The third-order valence-corrected chi connectivity index (χ3v) is 4.45. The SMILES string of the molecule is C=CCCC(NCCC)C1(CC(C)C)CCCC1. The lowest BCUT2D eigenvalue weighted by Gasteiger charge is -2.40. The number of allylic oxidation sites excluding steroid dienone is 1. The molecule has 0 aliphatic heterocycles. The first-order valence-electron chi connectivity index (χ1n) is 7.99. The van der Waals surface area contributed by atoms with E-state index in [0.717, 1.165) is 12.3 Å². The summed E-state index contributed by atoms with van der Waals surface area (Å²) in [4.78, 5) is 0. The summed E-state index contributed by atoms with van der Waals surface area (Å²) in [7, 11) is 0. The van der Waals surface area contributed by atoms with Gasteiger partial charge in [0.05, 0.1) is 0 Å². The summed E-state index contributed by atoms with van der Waals surface area (Å²) in [6.07, 6.45) is 12.9. The number of rotatable bonds is 9. The van der Waals surface area contributed by atoms with Crippen LogP contribution in [0.15, 0.2) is 12.7 Å². The Balaban J connectivity index is 2.71. The maximum absolute atomic E-state index is 3.90. The molecule has 1 saturated carbocycles. The standard InChI is InChI=1S/C17H33N/c1-5-7-10-16(18-13-6-2)17(14-15(3)4)11-8-9-12-17/h5,15-16,18H,1,6-14H2,2-4H3. The Morgan fingerprint density at radius 2 is 1.94 bits per heavy atom. The van der Waals surface area contributed by atoms with Gasteiger partial charge in [0, 0.05) is 6.04 Å². The molecule has 0 radical (unpaired) electrons. The van der Waals surface area contributed by atoms with Crippen LogP contribution in [0.2, 0.25) is 0 Å². The highest BCUT2D eigenvalue weighted by Gasteiger charge is 2.40. The van der Waals surface area contributed by atoms with E-state index >= 15 is 0 Å². The van der Waals surface area contributed by atoms with E-state index in [1.54, 1.807) is 0 Å². The average Bonchev–Trinajstić information content (AvgIpc) is 2.77. The molecule has 1 atom stereocenters. The van der Waals surface area contributed by atoms with E-state index in [0.29, 0.717) is 11.5 Å². The summed E-state index contributed by atoms with van der Waals surface area (Å²) < 4.78 is 0. The van der Waals surface area contributed by atoms with Gasteiger partial charge in [-0.05, 0) is 56.4 Å². The van der Waals surface area contributed by atoms with E-state index in [1.807, 2.05) is 0 Å². The number of hydrogen-bond acceptors (Lipinski definition) is 1. The molecule has 1 fully saturated rings. The predicted octanol–water partition coefficient (Wildman–Crippen LogP) is 4.93. The lowest BCUT2D eigenvalue weighted by Crippen LogP contribution is -2.45. The molecule has 1 N–H and O–H groups in total. The van der Waals surface area contributed by atoms with Crippen LogP contribution < -0.4 is 5.32 Å². The van der Waals surface area contributed by atoms with Gasteiger partial charge in [-0.3, -0.25) is 0 Å². The minimum Gasteiger partial charge on any atom is -0.313 e. The van der Waals surface area contributed by atoms with E-state index in [9.17, 15) is 0 Å². The normalized spacial score (nSPS) is 20.2. The van der Waals surface area contributed by atoms with Gasteiger partial charge in [0.25, 0.3) is 0 Å². The fourth-order valence-electron chi connectivity index (χ4n) is 3.81. The van der Waals surface area contributed by atoms with Crippen molar-refractivity contribution in [1.82, 2.24) is 5.32 Å². The Bertz CT molecular complexity index is 226. The Labute approximate surface area is 114 Å². The van der Waals surface area contributed by atoms with Gasteiger partial charge in [0.15, 0.2) is 0 Å². The molecule has 1 rings (SSSR count). The maximum Gasteiger partial charge on any atom is 0.0126 e. The Kier molecular flexibility index (Phi) is 6.99. The molecular formula is C17H33N. The monoisotopic (exact) mass is 251 g/mol. The van der Waals surface area contributed by atoms with Crippen LogP contribution in [0.1, 0.15) is 72.1 Å². The lowest BCUT2D eigenvalue weighted by atomic mass is 9.71. The highest BCUT2D eigenvalue weighted by molar-refractivity contribution is 4.96. The third kappa shape index (κ3) is 4.42. The van der Waals surface area contributed by atoms with Crippen molar-refractivity contribution in [3.8, 4) is 0 Å². The van der Waals surface area contributed by atoms with Crippen LogP contribution in [0.5, 0.6) is 0 Å². The highest BCUT2D eigenvalue weighted by Crippen LogP contribution is 2.47. The van der Waals surface area contributed by atoms with Gasteiger partial charge in [-0.25, -0.2) is 0 Å². The molecule has 1 heteroatoms. The van der Waals surface area contributed by atoms with Crippen molar-refractivity contribution >= 4 is 0 Å². The van der Waals surface area contributed by atoms with Crippen molar-refractivity contribution in [3.05, 3.63) is 12.7 Å². The molecule has 1 unspecified atom stereocenters. The van der Waals surface area contributed by atoms with Crippen LogP contribution in [0.25, 0.3) is 0 Å². The molecule has 0 bridgehead atoms. The van der Waals surface area contributed by atoms with Gasteiger partial charge in [0.1, 0.15) is 0 Å². The molecule has 0 aromatic heterocycles. The number of hydrogen-bond donors (Lipinski definition) is 1. The van der Waals surface area contributed by atoms with Crippen LogP contribution in [0.4, 0.5) is 0 Å². The average molecular weight is 251 g/mol. The molecule has 0 spiro atoms. The van der Waals surface area contributed by atoms with Crippen molar-refractivity contribution in [2.24, 2.45) is 11.3 Å². The molecular weight excluding hydrogens is 218 g/mol. The van der Waals surface area contributed by atoms with Crippen molar-refractivity contribution in [1.29, 1.82) is 0 Å². The Morgan fingerprint density at radius 1 is 1.28 bits per heavy atom. The van der Waals surface area contributed by atoms with Gasteiger partial charge in [-0.15, -0.1) is 6.58 Å². The molecule has 0 aromatic rings. The van der Waals surface area contributed by atoms with Crippen molar-refractivity contribution in [3.63, 3.8) is 0 Å². The zero-order valence-corrected chi connectivity index (χ0v) is 12.8. The summed E-state index contributed by atoms with van der Waals surface area (Å²) in [6, 6.07) is 0.709. The first-order valence-corrected chi connectivity index (χ1v) is 7.99. The van der Waals surface area contributed by atoms with Crippen LogP contribution in [0.3, 0.4) is 0 Å². The van der Waals surface area contributed by atoms with Gasteiger partial charge in [0.2, 0.25) is 0 Å². The quantitative estimate of drug-likeness (QED) is 0.573. The first-order chi connectivity index (χ1) is 8.64. The number of nitrogens with one attached hydrogen (secondary N) is 1. The fourth-order valence-corrected chi connectivity index (χ4v) is 3.81. The van der Waals surface area contributed by atoms with Crippen LogP contribution in [-0.2, 0) is 0 Å². The topological polar surface area (TPSA) is 12.0 Å². The van der Waals surface area contributed by atoms with E-state index in [2.05, 4.69) is 38.7 Å². The van der Waals surface area contributed by atoms with Crippen molar-refractivity contribution in [2.75, 3.05) is 6.54 Å². The molecule has 106 valence electrons. The molecule has 18 heavy (non-hydrogen) atoms. The second kappa shape index (κ2) is 7.99. The highest BCUT2D eigenvalue weighted by atomic mass is 14.9. The van der Waals surface area contributed by atoms with Gasteiger partial charge >= 0.3 is 0 Å².